The summed E-state index contributed by atoms with van der Waals surface area (Å²) in [4.78, 5) is 21.2. The topological polar surface area (TPSA) is 74.6 Å². The fourth-order valence-electron chi connectivity index (χ4n) is 2.90. The molecular formula is C19H28O4. The molecule has 0 aliphatic heterocycles. The highest BCUT2D eigenvalue weighted by Gasteiger charge is 2.11. The van der Waals surface area contributed by atoms with Crippen molar-refractivity contribution in [1.29, 1.82) is 0 Å². The van der Waals surface area contributed by atoms with Crippen molar-refractivity contribution in [3.05, 3.63) is 34.9 Å². The monoisotopic (exact) mass is 320 g/mol. The molecule has 0 aliphatic rings. The first-order valence-corrected chi connectivity index (χ1v) is 8.46. The Morgan fingerprint density at radius 2 is 1.48 bits per heavy atom. The Bertz CT molecular complexity index is 520. The first kappa shape index (κ1) is 19.2. The van der Waals surface area contributed by atoms with Gasteiger partial charge in [-0.25, -0.2) is 0 Å². The second kappa shape index (κ2) is 10.0. The van der Waals surface area contributed by atoms with E-state index in [1.54, 1.807) is 0 Å². The first-order valence-electron chi connectivity index (χ1n) is 8.46. The standard InChI is InChI=1S/C19H28O4/c1-14(2)16-11-7-9-15(8-3-5-12-18(20)21)17(16)10-4-6-13-19(22)23/h7,9,11,14H,3-6,8,10,12-13H2,1-2H3,(H,20,21)(H,22,23). The molecule has 0 bridgehead atoms. The van der Waals surface area contributed by atoms with E-state index in [-0.39, 0.29) is 12.8 Å². The normalized spacial score (nSPS) is 10.9. The van der Waals surface area contributed by atoms with Crippen LogP contribution in [0.5, 0.6) is 0 Å². The van der Waals surface area contributed by atoms with E-state index in [1.165, 1.54) is 16.7 Å². The van der Waals surface area contributed by atoms with Crippen LogP contribution in [0.3, 0.4) is 0 Å². The van der Waals surface area contributed by atoms with Crippen molar-refractivity contribution in [2.75, 3.05) is 0 Å². The largest absolute Gasteiger partial charge is 0.481 e. The highest BCUT2D eigenvalue weighted by atomic mass is 16.4. The van der Waals surface area contributed by atoms with E-state index in [4.69, 9.17) is 10.2 Å². The molecule has 2 N–H and O–H groups in total. The van der Waals surface area contributed by atoms with Crippen molar-refractivity contribution in [2.24, 2.45) is 0 Å². The van der Waals surface area contributed by atoms with E-state index >= 15 is 0 Å². The molecule has 4 nitrogen and oxygen atoms in total. The van der Waals surface area contributed by atoms with Gasteiger partial charge in [0.05, 0.1) is 0 Å². The molecule has 0 amide bonds. The summed E-state index contributed by atoms with van der Waals surface area (Å²) < 4.78 is 0. The lowest BCUT2D eigenvalue weighted by atomic mass is 9.88. The van der Waals surface area contributed by atoms with Crippen molar-refractivity contribution in [2.45, 2.75) is 71.1 Å². The van der Waals surface area contributed by atoms with Gasteiger partial charge >= 0.3 is 11.9 Å². The van der Waals surface area contributed by atoms with Crippen LogP contribution in [0.4, 0.5) is 0 Å². The first-order chi connectivity index (χ1) is 10.9. The van der Waals surface area contributed by atoms with Crippen LogP contribution >= 0.6 is 0 Å². The number of rotatable bonds is 11. The van der Waals surface area contributed by atoms with Crippen molar-refractivity contribution in [3.63, 3.8) is 0 Å². The van der Waals surface area contributed by atoms with E-state index in [1.807, 2.05) is 0 Å². The molecule has 1 aromatic rings. The van der Waals surface area contributed by atoms with Gasteiger partial charge < -0.3 is 10.2 Å². The number of benzene rings is 1. The number of hydrogen-bond acceptors (Lipinski definition) is 2. The summed E-state index contributed by atoms with van der Waals surface area (Å²) in [5.74, 6) is -1.05. The number of hydrogen-bond donors (Lipinski definition) is 2. The van der Waals surface area contributed by atoms with E-state index in [9.17, 15) is 9.59 Å². The number of unbranched alkanes of at least 4 members (excludes halogenated alkanes) is 2. The van der Waals surface area contributed by atoms with Crippen LogP contribution in [0.1, 0.15) is 75.0 Å². The van der Waals surface area contributed by atoms with Crippen molar-refractivity contribution in [1.82, 2.24) is 0 Å². The van der Waals surface area contributed by atoms with Crippen molar-refractivity contribution >= 4 is 11.9 Å². The third kappa shape index (κ3) is 7.31. The van der Waals surface area contributed by atoms with Gasteiger partial charge in [0.1, 0.15) is 0 Å². The number of aryl methyl sites for hydroxylation is 1. The van der Waals surface area contributed by atoms with Crippen LogP contribution in [0.25, 0.3) is 0 Å². The molecule has 0 saturated carbocycles. The summed E-state index contributed by atoms with van der Waals surface area (Å²) in [6.07, 6.45) is 5.36. The fraction of sp³-hybridized carbons (Fsp3) is 0.579. The van der Waals surface area contributed by atoms with Crippen molar-refractivity contribution < 1.29 is 19.8 Å². The molecule has 0 fully saturated rings. The Morgan fingerprint density at radius 1 is 0.913 bits per heavy atom. The minimum Gasteiger partial charge on any atom is -0.481 e. The third-order valence-corrected chi connectivity index (χ3v) is 4.09. The van der Waals surface area contributed by atoms with Crippen LogP contribution < -0.4 is 0 Å². The van der Waals surface area contributed by atoms with E-state index in [0.29, 0.717) is 18.8 Å². The number of carbonyl (C=O) groups is 2. The van der Waals surface area contributed by atoms with Gasteiger partial charge in [0, 0.05) is 12.8 Å². The van der Waals surface area contributed by atoms with Crippen LogP contribution in [-0.4, -0.2) is 22.2 Å². The second-order valence-corrected chi connectivity index (χ2v) is 6.34. The molecule has 0 aliphatic carbocycles. The number of aliphatic carboxylic acids is 2. The summed E-state index contributed by atoms with van der Waals surface area (Å²) in [6, 6.07) is 6.35. The van der Waals surface area contributed by atoms with Gasteiger partial charge in [0.15, 0.2) is 0 Å². The fourth-order valence-corrected chi connectivity index (χ4v) is 2.90. The molecule has 0 heterocycles. The van der Waals surface area contributed by atoms with Crippen molar-refractivity contribution in [3.8, 4) is 0 Å². The van der Waals surface area contributed by atoms with Crippen LogP contribution in [0.2, 0.25) is 0 Å². The molecule has 0 radical (unpaired) electrons. The Hall–Kier alpha value is -1.84. The summed E-state index contributed by atoms with van der Waals surface area (Å²) >= 11 is 0. The number of carboxylic acids is 2. The molecule has 23 heavy (non-hydrogen) atoms. The van der Waals surface area contributed by atoms with Gasteiger partial charge in [-0.1, -0.05) is 32.0 Å². The van der Waals surface area contributed by atoms with Gasteiger partial charge in [-0.05, 0) is 61.1 Å². The SMILES string of the molecule is CC(C)c1cccc(CCCCC(=O)O)c1CCCCC(=O)O. The van der Waals surface area contributed by atoms with Crippen LogP contribution in [0.15, 0.2) is 18.2 Å². The zero-order valence-electron chi connectivity index (χ0n) is 14.2. The minimum absolute atomic E-state index is 0.220. The van der Waals surface area contributed by atoms with Gasteiger partial charge in [-0.15, -0.1) is 0 Å². The Balaban J connectivity index is 2.72. The lowest BCUT2D eigenvalue weighted by Crippen LogP contribution is -2.04. The van der Waals surface area contributed by atoms with Gasteiger partial charge in [-0.2, -0.15) is 0 Å². The average molecular weight is 320 g/mol. The van der Waals surface area contributed by atoms with E-state index in [2.05, 4.69) is 32.0 Å². The summed E-state index contributed by atoms with van der Waals surface area (Å²) in [6.45, 7) is 4.34. The maximum absolute atomic E-state index is 10.6. The zero-order valence-corrected chi connectivity index (χ0v) is 14.2. The average Bonchev–Trinajstić information content (AvgIpc) is 2.48. The predicted molar refractivity (Wildman–Crippen MR) is 90.9 cm³/mol. The minimum atomic E-state index is -0.741. The maximum atomic E-state index is 10.6. The lowest BCUT2D eigenvalue weighted by Gasteiger charge is -2.17. The highest BCUT2D eigenvalue weighted by Crippen LogP contribution is 2.26. The molecule has 0 spiro atoms. The second-order valence-electron chi connectivity index (χ2n) is 6.34. The Kier molecular flexibility index (Phi) is 8.38. The molecular weight excluding hydrogens is 292 g/mol. The van der Waals surface area contributed by atoms with Gasteiger partial charge in [0.2, 0.25) is 0 Å². The smallest absolute Gasteiger partial charge is 0.303 e. The lowest BCUT2D eigenvalue weighted by molar-refractivity contribution is -0.138. The quantitative estimate of drug-likeness (QED) is 0.592. The summed E-state index contributed by atoms with van der Waals surface area (Å²) in [5, 5.41) is 17.5. The zero-order chi connectivity index (χ0) is 17.2. The number of carboxylic acid groups (broad SMARTS) is 2. The Labute approximate surface area is 138 Å². The third-order valence-electron chi connectivity index (χ3n) is 4.09. The Morgan fingerprint density at radius 3 is 2.00 bits per heavy atom. The molecule has 1 rings (SSSR count). The molecule has 0 saturated heterocycles. The van der Waals surface area contributed by atoms with Gasteiger partial charge in [-0.3, -0.25) is 9.59 Å². The highest BCUT2D eigenvalue weighted by molar-refractivity contribution is 5.66. The maximum Gasteiger partial charge on any atom is 0.303 e. The molecule has 1 aromatic carbocycles. The molecule has 0 atom stereocenters. The molecule has 0 unspecified atom stereocenters. The van der Waals surface area contributed by atoms with Crippen LogP contribution in [0, 0.1) is 0 Å². The molecule has 4 heteroatoms. The summed E-state index contributed by atoms with van der Waals surface area (Å²) in [7, 11) is 0. The molecule has 128 valence electrons. The van der Waals surface area contributed by atoms with Crippen LogP contribution in [-0.2, 0) is 22.4 Å². The molecule has 0 aromatic heterocycles. The summed E-state index contributed by atoms with van der Waals surface area (Å²) in [5.41, 5.74) is 3.95. The van der Waals surface area contributed by atoms with E-state index in [0.717, 1.165) is 25.7 Å². The van der Waals surface area contributed by atoms with E-state index < -0.39 is 11.9 Å². The van der Waals surface area contributed by atoms with Gasteiger partial charge in [0.25, 0.3) is 0 Å². The predicted octanol–water partition coefficient (Wildman–Crippen LogP) is 4.40.